The van der Waals surface area contributed by atoms with Crippen molar-refractivity contribution < 1.29 is 28.4 Å². The molecule has 2 heterocycles. The lowest BCUT2D eigenvalue weighted by atomic mass is 9.85. The van der Waals surface area contributed by atoms with Crippen LogP contribution in [-0.4, -0.2) is 57.7 Å². The van der Waals surface area contributed by atoms with Crippen LogP contribution in [-0.2, 0) is 36.2 Å². The SMILES string of the molecule is Cc1n(CC2CCc3c(c4ccccc4n3C)C2=O)cc[n+]1COC(=O)N(C)CCNC(=O)OC(C)(C)C. The molecule has 1 unspecified atom stereocenters. The minimum Gasteiger partial charge on any atom is -0.444 e. The molecule has 4 rings (SSSR count). The van der Waals surface area contributed by atoms with Gasteiger partial charge in [0.1, 0.15) is 24.5 Å². The van der Waals surface area contributed by atoms with Crippen molar-refractivity contribution in [1.29, 1.82) is 0 Å². The van der Waals surface area contributed by atoms with Gasteiger partial charge in [-0.05, 0) is 39.7 Å². The Balaban J connectivity index is 1.31. The van der Waals surface area contributed by atoms with E-state index in [0.717, 1.165) is 40.8 Å². The number of amides is 2. The number of alkyl carbamates (subject to hydrolysis) is 1. The molecular formula is C28H38N5O5+. The highest BCUT2D eigenvalue weighted by Gasteiger charge is 2.34. The average Bonchev–Trinajstić information content (AvgIpc) is 3.35. The third-order valence-corrected chi connectivity index (χ3v) is 7.00. The zero-order chi connectivity index (χ0) is 27.6. The number of para-hydroxylation sites is 1. The average molecular weight is 525 g/mol. The first-order valence-electron chi connectivity index (χ1n) is 13.0. The molecule has 1 N–H and O–H groups in total. The van der Waals surface area contributed by atoms with Crippen LogP contribution in [0.5, 0.6) is 0 Å². The zero-order valence-corrected chi connectivity index (χ0v) is 23.1. The fourth-order valence-corrected chi connectivity index (χ4v) is 4.91. The van der Waals surface area contributed by atoms with E-state index in [4.69, 9.17) is 9.47 Å². The number of aromatic nitrogens is 3. The minimum absolute atomic E-state index is 0.0492. The summed E-state index contributed by atoms with van der Waals surface area (Å²) >= 11 is 0. The van der Waals surface area contributed by atoms with E-state index in [1.54, 1.807) is 27.8 Å². The second-order valence-electron chi connectivity index (χ2n) is 10.9. The van der Waals surface area contributed by atoms with Gasteiger partial charge in [0.15, 0.2) is 5.78 Å². The third-order valence-electron chi connectivity index (χ3n) is 7.00. The molecule has 0 fully saturated rings. The Bertz CT molecular complexity index is 1350. The van der Waals surface area contributed by atoms with Gasteiger partial charge >= 0.3 is 12.2 Å². The summed E-state index contributed by atoms with van der Waals surface area (Å²) in [4.78, 5) is 39.1. The van der Waals surface area contributed by atoms with Gasteiger partial charge in [-0.25, -0.2) is 14.2 Å². The van der Waals surface area contributed by atoms with Gasteiger partial charge < -0.3 is 24.3 Å². The first-order valence-corrected chi connectivity index (χ1v) is 13.0. The number of Topliss-reactive ketones (excluding diaryl/α,β-unsaturated/α-hetero) is 1. The third kappa shape index (κ3) is 5.84. The van der Waals surface area contributed by atoms with Crippen molar-refractivity contribution >= 4 is 28.9 Å². The lowest BCUT2D eigenvalue weighted by molar-refractivity contribution is -0.732. The fraction of sp³-hybridized carbons (Fsp3) is 0.500. The Morgan fingerprint density at radius 2 is 1.97 bits per heavy atom. The normalized spacial score (nSPS) is 15.3. The number of carbonyl (C=O) groups is 3. The van der Waals surface area contributed by atoms with Crippen LogP contribution in [0.15, 0.2) is 36.7 Å². The second kappa shape index (κ2) is 10.9. The summed E-state index contributed by atoms with van der Waals surface area (Å²) in [6, 6.07) is 8.07. The summed E-state index contributed by atoms with van der Waals surface area (Å²) in [6.07, 6.45) is 4.41. The van der Waals surface area contributed by atoms with Gasteiger partial charge in [-0.3, -0.25) is 4.79 Å². The van der Waals surface area contributed by atoms with E-state index in [1.165, 1.54) is 4.90 Å². The number of nitrogens with one attached hydrogen (secondary N) is 1. The first kappa shape index (κ1) is 27.2. The molecule has 2 amide bonds. The number of fused-ring (bicyclic) bond motifs is 3. The molecule has 1 aromatic carbocycles. The molecule has 0 radical (unpaired) electrons. The van der Waals surface area contributed by atoms with Crippen molar-refractivity contribution in [3.05, 3.63) is 53.7 Å². The highest BCUT2D eigenvalue weighted by atomic mass is 16.6. The van der Waals surface area contributed by atoms with Crippen molar-refractivity contribution in [2.75, 3.05) is 20.1 Å². The Hall–Kier alpha value is -3.82. The van der Waals surface area contributed by atoms with Crippen LogP contribution in [0, 0.1) is 12.8 Å². The summed E-state index contributed by atoms with van der Waals surface area (Å²) in [5, 5.41) is 3.65. The number of hydrogen-bond acceptors (Lipinski definition) is 5. The molecule has 38 heavy (non-hydrogen) atoms. The number of benzene rings is 1. The predicted octanol–water partition coefficient (Wildman–Crippen LogP) is 3.57. The molecule has 0 bridgehead atoms. The van der Waals surface area contributed by atoms with Gasteiger partial charge in [0.2, 0.25) is 6.73 Å². The van der Waals surface area contributed by atoms with Crippen LogP contribution >= 0.6 is 0 Å². The van der Waals surface area contributed by atoms with Gasteiger partial charge in [-0.2, -0.15) is 4.57 Å². The predicted molar refractivity (Wildman–Crippen MR) is 142 cm³/mol. The highest BCUT2D eigenvalue weighted by molar-refractivity contribution is 6.11. The molecule has 1 aliphatic carbocycles. The molecule has 0 aliphatic heterocycles. The molecule has 2 aromatic heterocycles. The topological polar surface area (TPSA) is 98.7 Å². The van der Waals surface area contributed by atoms with Crippen LogP contribution in [0.4, 0.5) is 9.59 Å². The molecule has 0 saturated heterocycles. The number of hydrogen-bond donors (Lipinski definition) is 1. The van der Waals surface area contributed by atoms with Gasteiger partial charge in [0, 0.05) is 56.3 Å². The van der Waals surface area contributed by atoms with E-state index in [-0.39, 0.29) is 31.5 Å². The maximum Gasteiger partial charge on any atom is 0.412 e. The highest BCUT2D eigenvalue weighted by Crippen LogP contribution is 2.34. The Morgan fingerprint density at radius 3 is 2.71 bits per heavy atom. The van der Waals surface area contributed by atoms with Gasteiger partial charge in [0.25, 0.3) is 5.82 Å². The molecule has 1 atom stereocenters. The van der Waals surface area contributed by atoms with Gasteiger partial charge in [-0.15, -0.1) is 0 Å². The van der Waals surface area contributed by atoms with E-state index < -0.39 is 17.8 Å². The van der Waals surface area contributed by atoms with Crippen molar-refractivity contribution in [1.82, 2.24) is 19.4 Å². The van der Waals surface area contributed by atoms with Crippen LogP contribution < -0.4 is 9.88 Å². The van der Waals surface area contributed by atoms with E-state index in [2.05, 4.69) is 16.0 Å². The standard InChI is InChI=1S/C28H37N5O5/c1-19-32(17-20-11-12-23-24(25(20)34)21-9-7-8-10-22(21)31(23)6)15-16-33(19)18-37-27(36)30(5)14-13-29-26(35)38-28(2,3)4/h7-10,15-16,20H,11-14,17-18H2,1-6H3/p+1. The smallest absolute Gasteiger partial charge is 0.412 e. The molecule has 10 nitrogen and oxygen atoms in total. The quantitative estimate of drug-likeness (QED) is 0.477. The molecule has 10 heteroatoms. The summed E-state index contributed by atoms with van der Waals surface area (Å²) < 4.78 is 16.7. The number of ether oxygens (including phenoxy) is 2. The Morgan fingerprint density at radius 1 is 1.24 bits per heavy atom. The van der Waals surface area contributed by atoms with E-state index in [9.17, 15) is 14.4 Å². The van der Waals surface area contributed by atoms with Crippen molar-refractivity contribution in [2.24, 2.45) is 13.0 Å². The summed E-state index contributed by atoms with van der Waals surface area (Å²) in [7, 11) is 3.64. The van der Waals surface area contributed by atoms with E-state index in [0.29, 0.717) is 6.54 Å². The summed E-state index contributed by atoms with van der Waals surface area (Å²) in [5.41, 5.74) is 2.48. The minimum atomic E-state index is -0.580. The summed E-state index contributed by atoms with van der Waals surface area (Å²) in [6.45, 7) is 8.46. The van der Waals surface area contributed by atoms with Crippen molar-refractivity contribution in [3.63, 3.8) is 0 Å². The van der Waals surface area contributed by atoms with E-state index in [1.807, 2.05) is 53.7 Å². The number of nitrogens with zero attached hydrogens (tertiary/aromatic N) is 4. The second-order valence-corrected chi connectivity index (χ2v) is 10.9. The Kier molecular flexibility index (Phi) is 7.80. The largest absolute Gasteiger partial charge is 0.444 e. The number of likely N-dealkylation sites (N-methyl/N-ethyl adjacent to an activating group) is 1. The molecule has 204 valence electrons. The number of ketones is 1. The van der Waals surface area contributed by atoms with Crippen molar-refractivity contribution in [3.8, 4) is 0 Å². The number of rotatable bonds is 7. The lowest BCUT2D eigenvalue weighted by Gasteiger charge is -2.21. The Labute approximate surface area is 223 Å². The molecule has 1 aliphatic rings. The van der Waals surface area contributed by atoms with Crippen LogP contribution in [0.2, 0.25) is 0 Å². The molecule has 0 spiro atoms. The van der Waals surface area contributed by atoms with Gasteiger partial charge in [0.05, 0.1) is 5.92 Å². The maximum absolute atomic E-state index is 13.5. The van der Waals surface area contributed by atoms with Crippen LogP contribution in [0.1, 0.15) is 49.1 Å². The lowest BCUT2D eigenvalue weighted by Crippen LogP contribution is -2.42. The maximum atomic E-state index is 13.5. The molecule has 0 saturated carbocycles. The number of carbonyl (C=O) groups excluding carboxylic acids is 3. The van der Waals surface area contributed by atoms with Crippen molar-refractivity contribution in [2.45, 2.75) is 59.4 Å². The molecular weight excluding hydrogens is 486 g/mol. The summed E-state index contributed by atoms with van der Waals surface area (Å²) in [5.74, 6) is 0.971. The number of imidazole rings is 1. The number of aryl methyl sites for hydroxylation is 1. The molecule has 3 aromatic rings. The monoisotopic (exact) mass is 524 g/mol. The zero-order valence-electron chi connectivity index (χ0n) is 23.1. The van der Waals surface area contributed by atoms with Gasteiger partial charge in [-0.1, -0.05) is 18.2 Å². The first-order chi connectivity index (χ1) is 18.0. The van der Waals surface area contributed by atoms with Crippen LogP contribution in [0.3, 0.4) is 0 Å². The van der Waals surface area contributed by atoms with Crippen LogP contribution in [0.25, 0.3) is 10.9 Å². The fourth-order valence-electron chi connectivity index (χ4n) is 4.91. The van der Waals surface area contributed by atoms with E-state index >= 15 is 0 Å².